The summed E-state index contributed by atoms with van der Waals surface area (Å²) in [6, 6.07) is 0.665. The normalized spacial score (nSPS) is 18.8. The van der Waals surface area contributed by atoms with Crippen molar-refractivity contribution in [3.05, 3.63) is 15.9 Å². The van der Waals surface area contributed by atoms with Crippen LogP contribution in [0.1, 0.15) is 25.2 Å². The Bertz CT molecular complexity index is 405. The Kier molecular flexibility index (Phi) is 4.45. The van der Waals surface area contributed by atoms with Gasteiger partial charge in [-0.25, -0.2) is 0 Å². The molecule has 1 saturated heterocycles. The number of piperazine rings is 1. The summed E-state index contributed by atoms with van der Waals surface area (Å²) in [6.45, 7) is 12.2. The van der Waals surface area contributed by atoms with Gasteiger partial charge in [0.25, 0.3) is 0 Å². The number of rotatable bonds is 3. The molecule has 0 bridgehead atoms. The molecule has 0 atom stereocenters. The number of nitrogens with zero attached hydrogens (tertiary/aromatic N) is 4. The lowest BCUT2D eigenvalue weighted by Crippen LogP contribution is -2.48. The lowest BCUT2D eigenvalue weighted by molar-refractivity contribution is 0.102. The third-order valence-corrected chi connectivity index (χ3v) is 4.80. The van der Waals surface area contributed by atoms with Gasteiger partial charge in [0.2, 0.25) is 0 Å². The Balaban J connectivity index is 1.95. The zero-order valence-electron chi connectivity index (χ0n) is 11.8. The van der Waals surface area contributed by atoms with Crippen molar-refractivity contribution < 1.29 is 0 Å². The van der Waals surface area contributed by atoms with E-state index in [1.54, 1.807) is 0 Å². The zero-order valence-corrected chi connectivity index (χ0v) is 13.4. The molecule has 102 valence electrons. The predicted octanol–water partition coefficient (Wildman–Crippen LogP) is 2.02. The van der Waals surface area contributed by atoms with Crippen molar-refractivity contribution in [2.24, 2.45) is 7.05 Å². The van der Waals surface area contributed by atoms with E-state index in [1.165, 1.54) is 18.8 Å². The molecule has 0 aliphatic carbocycles. The summed E-state index contributed by atoms with van der Waals surface area (Å²) in [4.78, 5) is 5.06. The number of aryl methyl sites for hydroxylation is 2. The smallest absolute Gasteiger partial charge is 0.0739 e. The van der Waals surface area contributed by atoms with Crippen LogP contribution in [0, 0.1) is 6.92 Å². The van der Waals surface area contributed by atoms with E-state index in [9.17, 15) is 0 Å². The Morgan fingerprint density at radius 2 is 1.83 bits per heavy atom. The fraction of sp³-hybridized carbons (Fsp3) is 0.769. The maximum atomic E-state index is 4.45. The van der Waals surface area contributed by atoms with Gasteiger partial charge in [-0.05, 0) is 36.7 Å². The minimum absolute atomic E-state index is 0.665. The third-order valence-electron chi connectivity index (χ3n) is 3.77. The summed E-state index contributed by atoms with van der Waals surface area (Å²) in [7, 11) is 2.03. The molecule has 1 fully saturated rings. The number of hydrogen-bond donors (Lipinski definition) is 0. The second kappa shape index (κ2) is 5.72. The van der Waals surface area contributed by atoms with E-state index in [1.807, 2.05) is 18.7 Å². The monoisotopic (exact) mass is 314 g/mol. The largest absolute Gasteiger partial charge is 0.298 e. The molecule has 0 aromatic carbocycles. The lowest BCUT2D eigenvalue weighted by Gasteiger charge is -2.36. The highest BCUT2D eigenvalue weighted by Gasteiger charge is 2.21. The lowest BCUT2D eigenvalue weighted by atomic mass is 10.2. The topological polar surface area (TPSA) is 24.3 Å². The summed E-state index contributed by atoms with van der Waals surface area (Å²) in [5.41, 5.74) is 2.36. The zero-order chi connectivity index (χ0) is 13.3. The molecular formula is C13H23BrN4. The van der Waals surface area contributed by atoms with E-state index in [0.717, 1.165) is 29.8 Å². The van der Waals surface area contributed by atoms with Gasteiger partial charge in [0.05, 0.1) is 15.9 Å². The first-order chi connectivity index (χ1) is 8.49. The molecule has 2 heterocycles. The van der Waals surface area contributed by atoms with E-state index in [0.29, 0.717) is 6.04 Å². The van der Waals surface area contributed by atoms with Crippen LogP contribution in [-0.4, -0.2) is 51.8 Å². The van der Waals surface area contributed by atoms with Crippen LogP contribution in [0.25, 0.3) is 0 Å². The first-order valence-corrected chi connectivity index (χ1v) is 7.42. The van der Waals surface area contributed by atoms with Gasteiger partial charge in [0, 0.05) is 45.8 Å². The van der Waals surface area contributed by atoms with Gasteiger partial charge in [0.15, 0.2) is 0 Å². The van der Waals surface area contributed by atoms with Gasteiger partial charge in [-0.15, -0.1) is 0 Å². The van der Waals surface area contributed by atoms with E-state index >= 15 is 0 Å². The van der Waals surface area contributed by atoms with Crippen LogP contribution in [-0.2, 0) is 13.6 Å². The van der Waals surface area contributed by atoms with Crippen molar-refractivity contribution in [1.82, 2.24) is 19.6 Å². The Hall–Kier alpha value is -0.390. The Labute approximate surface area is 118 Å². The van der Waals surface area contributed by atoms with Crippen molar-refractivity contribution in [1.29, 1.82) is 0 Å². The average molecular weight is 315 g/mol. The first-order valence-electron chi connectivity index (χ1n) is 6.63. The molecule has 0 N–H and O–H groups in total. The van der Waals surface area contributed by atoms with Crippen LogP contribution in [0.3, 0.4) is 0 Å². The highest BCUT2D eigenvalue weighted by molar-refractivity contribution is 9.10. The first kappa shape index (κ1) is 14.0. The predicted molar refractivity (Wildman–Crippen MR) is 77.6 cm³/mol. The van der Waals surface area contributed by atoms with E-state index in [-0.39, 0.29) is 0 Å². The fourth-order valence-corrected chi connectivity index (χ4v) is 2.96. The van der Waals surface area contributed by atoms with Crippen LogP contribution in [0.4, 0.5) is 0 Å². The average Bonchev–Trinajstić information content (AvgIpc) is 2.57. The molecule has 18 heavy (non-hydrogen) atoms. The van der Waals surface area contributed by atoms with E-state index in [2.05, 4.69) is 44.7 Å². The minimum atomic E-state index is 0.665. The summed E-state index contributed by atoms with van der Waals surface area (Å²) in [6.07, 6.45) is 0. The summed E-state index contributed by atoms with van der Waals surface area (Å²) >= 11 is 3.64. The maximum absolute atomic E-state index is 4.45. The van der Waals surface area contributed by atoms with Gasteiger partial charge < -0.3 is 0 Å². The molecule has 0 spiro atoms. The molecule has 2 rings (SSSR count). The molecule has 0 saturated carbocycles. The van der Waals surface area contributed by atoms with Crippen LogP contribution in [0.2, 0.25) is 0 Å². The molecule has 1 aliphatic heterocycles. The molecule has 0 amide bonds. The van der Waals surface area contributed by atoms with E-state index in [4.69, 9.17) is 0 Å². The summed E-state index contributed by atoms with van der Waals surface area (Å²) in [5.74, 6) is 0. The summed E-state index contributed by atoms with van der Waals surface area (Å²) in [5, 5.41) is 4.45. The van der Waals surface area contributed by atoms with Crippen LogP contribution in [0.5, 0.6) is 0 Å². The molecule has 1 aromatic rings. The molecule has 0 radical (unpaired) electrons. The second-order valence-corrected chi connectivity index (χ2v) is 6.17. The standard InChI is InChI=1S/C13H23BrN4/c1-10(2)18-7-5-17(6-8-18)9-12-13(14)11(3)15-16(12)4/h10H,5-9H2,1-4H3. The van der Waals surface area contributed by atoms with Crippen molar-refractivity contribution in [2.45, 2.75) is 33.4 Å². The number of aromatic nitrogens is 2. The Morgan fingerprint density at radius 3 is 2.28 bits per heavy atom. The van der Waals surface area contributed by atoms with Crippen molar-refractivity contribution in [3.63, 3.8) is 0 Å². The summed E-state index contributed by atoms with van der Waals surface area (Å²) < 4.78 is 3.16. The molecule has 0 unspecified atom stereocenters. The minimum Gasteiger partial charge on any atom is -0.298 e. The van der Waals surface area contributed by atoms with Crippen LogP contribution >= 0.6 is 15.9 Å². The van der Waals surface area contributed by atoms with Crippen molar-refractivity contribution in [3.8, 4) is 0 Å². The number of halogens is 1. The third kappa shape index (κ3) is 2.95. The SMILES string of the molecule is Cc1nn(C)c(CN2CCN(C(C)C)CC2)c1Br. The van der Waals surface area contributed by atoms with Crippen LogP contribution < -0.4 is 0 Å². The van der Waals surface area contributed by atoms with Gasteiger partial charge in [-0.3, -0.25) is 14.5 Å². The van der Waals surface area contributed by atoms with Gasteiger partial charge in [-0.2, -0.15) is 5.10 Å². The number of hydrogen-bond acceptors (Lipinski definition) is 3. The molecule has 1 aliphatic rings. The molecule has 1 aromatic heterocycles. The Morgan fingerprint density at radius 1 is 1.22 bits per heavy atom. The van der Waals surface area contributed by atoms with Gasteiger partial charge in [-0.1, -0.05) is 0 Å². The van der Waals surface area contributed by atoms with Gasteiger partial charge in [0.1, 0.15) is 0 Å². The maximum Gasteiger partial charge on any atom is 0.0739 e. The van der Waals surface area contributed by atoms with E-state index < -0.39 is 0 Å². The quantitative estimate of drug-likeness (QED) is 0.853. The molecule has 4 nitrogen and oxygen atoms in total. The molecule has 5 heteroatoms. The highest BCUT2D eigenvalue weighted by Crippen LogP contribution is 2.22. The van der Waals surface area contributed by atoms with Crippen LogP contribution in [0.15, 0.2) is 4.47 Å². The second-order valence-electron chi connectivity index (χ2n) is 5.38. The fourth-order valence-electron chi connectivity index (χ4n) is 2.50. The molecular weight excluding hydrogens is 292 g/mol. The highest BCUT2D eigenvalue weighted by atomic mass is 79.9. The van der Waals surface area contributed by atoms with Crippen molar-refractivity contribution in [2.75, 3.05) is 26.2 Å². The van der Waals surface area contributed by atoms with Gasteiger partial charge >= 0.3 is 0 Å². The van der Waals surface area contributed by atoms with Crippen molar-refractivity contribution >= 4 is 15.9 Å².